The number of halogens is 1. The number of hydrogen-bond donors (Lipinski definition) is 1. The minimum atomic E-state index is -1.06. The van der Waals surface area contributed by atoms with Crippen LogP contribution in [0.4, 0.5) is 4.79 Å². The summed E-state index contributed by atoms with van der Waals surface area (Å²) >= 11 is 2.32. The maximum atomic E-state index is 11.7. The Kier molecular flexibility index (Phi) is 11.0. The van der Waals surface area contributed by atoms with Crippen LogP contribution in [-0.4, -0.2) is 60.7 Å². The highest BCUT2D eigenvalue weighted by Gasteiger charge is 2.14. The highest BCUT2D eigenvalue weighted by molar-refractivity contribution is 14.1. The number of allylic oxidation sites excluding steroid dienone is 1. The lowest BCUT2D eigenvalue weighted by Gasteiger charge is -2.18. The van der Waals surface area contributed by atoms with Crippen LogP contribution in [-0.2, 0) is 4.79 Å². The molecular weight excluding hydrogens is 591 g/mol. The van der Waals surface area contributed by atoms with Crippen molar-refractivity contribution in [2.45, 2.75) is 13.3 Å². The molecule has 3 aromatic carbocycles. The molecule has 3 aromatic rings. The van der Waals surface area contributed by atoms with E-state index in [4.69, 9.17) is 4.74 Å². The lowest BCUT2D eigenvalue weighted by Crippen LogP contribution is -2.33. The molecule has 0 aromatic heterocycles. The fourth-order valence-electron chi connectivity index (χ4n) is 3.98. The molecule has 0 aliphatic heterocycles. The van der Waals surface area contributed by atoms with E-state index < -0.39 is 6.09 Å². The summed E-state index contributed by atoms with van der Waals surface area (Å²) in [6, 6.07) is 26.9. The normalized spacial score (nSPS) is 11.7. The van der Waals surface area contributed by atoms with E-state index in [0.29, 0.717) is 5.75 Å². The average Bonchev–Trinajstić information content (AvgIpc) is 2.92. The summed E-state index contributed by atoms with van der Waals surface area (Å²) in [6.45, 7) is 2.66. The molecule has 0 unspecified atom stereocenters. The molecule has 0 aliphatic rings. The van der Waals surface area contributed by atoms with Crippen LogP contribution in [0.25, 0.3) is 11.1 Å². The van der Waals surface area contributed by atoms with Gasteiger partial charge in [0.05, 0.1) is 6.54 Å². The van der Waals surface area contributed by atoms with Crippen molar-refractivity contribution >= 4 is 45.7 Å². The van der Waals surface area contributed by atoms with Gasteiger partial charge >= 0.3 is 6.09 Å². The zero-order valence-electron chi connectivity index (χ0n) is 21.9. The van der Waals surface area contributed by atoms with E-state index in [0.717, 1.165) is 17.5 Å². The Hall–Kier alpha value is -3.59. The Balaban J connectivity index is 1.77. The quantitative estimate of drug-likeness (QED) is 0.147. The van der Waals surface area contributed by atoms with Crippen LogP contribution in [0.1, 0.15) is 30.0 Å². The van der Waals surface area contributed by atoms with Crippen molar-refractivity contribution < 1.29 is 19.4 Å². The van der Waals surface area contributed by atoms with Crippen molar-refractivity contribution in [2.24, 2.45) is 0 Å². The number of nitrogens with zero attached hydrogens (tertiary/aromatic N) is 2. The summed E-state index contributed by atoms with van der Waals surface area (Å²) < 4.78 is 7.04. The predicted octanol–water partition coefficient (Wildman–Crippen LogP) is 6.66. The van der Waals surface area contributed by atoms with Crippen molar-refractivity contribution in [1.82, 2.24) is 9.80 Å². The number of carboxylic acid groups (broad SMARTS) is 1. The number of likely N-dealkylation sites (N-methyl/N-ethyl adjacent to an activating group) is 1. The van der Waals surface area contributed by atoms with Gasteiger partial charge in [-0.25, -0.2) is 4.79 Å². The molecule has 0 atom stereocenters. The molecule has 0 heterocycles. The van der Waals surface area contributed by atoms with Gasteiger partial charge in [0, 0.05) is 30.3 Å². The fraction of sp³-hybridized carbons (Fsp3) is 0.226. The minimum Gasteiger partial charge on any atom is -0.492 e. The first-order chi connectivity index (χ1) is 18.3. The van der Waals surface area contributed by atoms with E-state index in [2.05, 4.69) is 78.0 Å². The van der Waals surface area contributed by atoms with Crippen molar-refractivity contribution in [3.8, 4) is 5.75 Å². The zero-order valence-corrected chi connectivity index (χ0v) is 24.1. The SMILES string of the molecule is CCC(=C(c1ccc(I)cc1)c1ccc(OCCN(C/C=C/C(=O)N(C)C)C(=O)O)cc1)c1ccccc1. The van der Waals surface area contributed by atoms with Crippen LogP contribution >= 0.6 is 22.6 Å². The summed E-state index contributed by atoms with van der Waals surface area (Å²) in [6.07, 6.45) is 2.73. The fourth-order valence-corrected chi connectivity index (χ4v) is 4.34. The topological polar surface area (TPSA) is 70.1 Å². The molecule has 3 rings (SSSR count). The second kappa shape index (κ2) is 14.4. The Morgan fingerprint density at radius 3 is 2.05 bits per heavy atom. The van der Waals surface area contributed by atoms with E-state index in [9.17, 15) is 14.7 Å². The monoisotopic (exact) mass is 624 g/mol. The molecule has 6 nitrogen and oxygen atoms in total. The van der Waals surface area contributed by atoms with E-state index in [1.165, 1.54) is 36.2 Å². The smallest absolute Gasteiger partial charge is 0.407 e. The van der Waals surface area contributed by atoms with Gasteiger partial charge in [0.15, 0.2) is 0 Å². The summed E-state index contributed by atoms with van der Waals surface area (Å²) in [4.78, 5) is 25.9. The number of carbonyl (C=O) groups excluding carboxylic acids is 1. The van der Waals surface area contributed by atoms with Crippen LogP contribution in [0.5, 0.6) is 5.75 Å². The Morgan fingerprint density at radius 2 is 1.50 bits per heavy atom. The molecule has 0 saturated heterocycles. The lowest BCUT2D eigenvalue weighted by molar-refractivity contribution is -0.123. The largest absolute Gasteiger partial charge is 0.492 e. The first-order valence-electron chi connectivity index (χ1n) is 12.4. The van der Waals surface area contributed by atoms with Gasteiger partial charge in [0.1, 0.15) is 12.4 Å². The van der Waals surface area contributed by atoms with E-state index in [1.54, 1.807) is 20.2 Å². The maximum absolute atomic E-state index is 11.7. The van der Waals surface area contributed by atoms with E-state index >= 15 is 0 Å². The van der Waals surface area contributed by atoms with Gasteiger partial charge in [-0.1, -0.05) is 67.6 Å². The van der Waals surface area contributed by atoms with Gasteiger partial charge in [-0.15, -0.1) is 0 Å². The lowest BCUT2D eigenvalue weighted by atomic mass is 9.88. The van der Waals surface area contributed by atoms with Crippen molar-refractivity contribution in [3.63, 3.8) is 0 Å². The van der Waals surface area contributed by atoms with Crippen molar-refractivity contribution in [1.29, 1.82) is 0 Å². The van der Waals surface area contributed by atoms with Crippen molar-refractivity contribution in [3.05, 3.63) is 111 Å². The molecular formula is C31H33IN2O4. The van der Waals surface area contributed by atoms with Gasteiger partial charge < -0.3 is 19.6 Å². The summed E-state index contributed by atoms with van der Waals surface area (Å²) in [5, 5.41) is 9.47. The molecule has 0 saturated carbocycles. The Morgan fingerprint density at radius 1 is 0.895 bits per heavy atom. The van der Waals surface area contributed by atoms with Gasteiger partial charge in [-0.2, -0.15) is 0 Å². The number of amides is 2. The van der Waals surface area contributed by atoms with E-state index in [1.807, 2.05) is 30.3 Å². The first kappa shape index (κ1) is 29.0. The molecule has 0 bridgehead atoms. The molecule has 198 valence electrons. The van der Waals surface area contributed by atoms with Crippen LogP contribution in [0.3, 0.4) is 0 Å². The van der Waals surface area contributed by atoms with E-state index in [-0.39, 0.29) is 25.6 Å². The van der Waals surface area contributed by atoms with Crippen molar-refractivity contribution in [2.75, 3.05) is 33.8 Å². The number of hydrogen-bond acceptors (Lipinski definition) is 3. The number of ether oxygens (including phenoxy) is 1. The second-order valence-electron chi connectivity index (χ2n) is 8.82. The third-order valence-corrected chi connectivity index (χ3v) is 6.70. The van der Waals surface area contributed by atoms with Crippen LogP contribution in [0.2, 0.25) is 0 Å². The molecule has 1 N–H and O–H groups in total. The summed E-state index contributed by atoms with van der Waals surface area (Å²) in [7, 11) is 3.29. The highest BCUT2D eigenvalue weighted by atomic mass is 127. The second-order valence-corrected chi connectivity index (χ2v) is 10.1. The zero-order chi connectivity index (χ0) is 27.5. The first-order valence-corrected chi connectivity index (χ1v) is 13.5. The third-order valence-electron chi connectivity index (χ3n) is 5.98. The number of benzene rings is 3. The summed E-state index contributed by atoms with van der Waals surface area (Å²) in [5.74, 6) is 0.473. The number of carbonyl (C=O) groups is 2. The Labute approximate surface area is 238 Å². The van der Waals surface area contributed by atoms with Gasteiger partial charge in [0.25, 0.3) is 0 Å². The van der Waals surface area contributed by atoms with Gasteiger partial charge in [-0.05, 0) is 81.1 Å². The molecule has 0 aliphatic carbocycles. The molecule has 2 amide bonds. The average molecular weight is 625 g/mol. The van der Waals surface area contributed by atoms with Gasteiger partial charge in [-0.3, -0.25) is 4.79 Å². The van der Waals surface area contributed by atoms with Crippen LogP contribution < -0.4 is 4.74 Å². The van der Waals surface area contributed by atoms with Crippen LogP contribution in [0, 0.1) is 3.57 Å². The van der Waals surface area contributed by atoms with Crippen LogP contribution in [0.15, 0.2) is 91.0 Å². The standard InChI is InChI=1S/C31H33IN2O4/c1-4-28(23-9-6-5-7-10-23)30(24-12-16-26(32)17-13-24)25-14-18-27(19-15-25)38-22-21-34(31(36)37)20-8-11-29(35)33(2)3/h5-19H,4,20-22H2,1-3H3,(H,36,37)/b11-8+,30-28?. The molecule has 7 heteroatoms. The maximum Gasteiger partial charge on any atom is 0.407 e. The van der Waals surface area contributed by atoms with Gasteiger partial charge in [0.2, 0.25) is 5.91 Å². The minimum absolute atomic E-state index is 0.112. The Bertz CT molecular complexity index is 1270. The molecule has 0 spiro atoms. The highest BCUT2D eigenvalue weighted by Crippen LogP contribution is 2.35. The predicted molar refractivity (Wildman–Crippen MR) is 161 cm³/mol. The molecule has 0 radical (unpaired) electrons. The molecule has 38 heavy (non-hydrogen) atoms. The third kappa shape index (κ3) is 8.21. The molecule has 0 fully saturated rings. The summed E-state index contributed by atoms with van der Waals surface area (Å²) in [5.41, 5.74) is 5.87. The number of rotatable bonds is 11.